The van der Waals surface area contributed by atoms with Gasteiger partial charge in [0.05, 0.1) is 11.4 Å². The van der Waals surface area contributed by atoms with E-state index in [4.69, 9.17) is 0 Å². The van der Waals surface area contributed by atoms with Gasteiger partial charge in [-0.05, 0) is 61.7 Å². The smallest absolute Gasteiger partial charge is 0.0631 e. The zero-order valence-electron chi connectivity index (χ0n) is 13.6. The monoisotopic (exact) mass is 317 g/mol. The summed E-state index contributed by atoms with van der Waals surface area (Å²) in [6.45, 7) is 6.59. The van der Waals surface area contributed by atoms with Crippen molar-refractivity contribution < 1.29 is 0 Å². The largest absolute Gasteiger partial charge is 0.308 e. The topological polar surface area (TPSA) is 3.24 Å². The first kappa shape index (κ1) is 14.4. The first-order valence-corrected chi connectivity index (χ1v) is 8.70. The highest BCUT2D eigenvalue weighted by molar-refractivity contribution is 7.99. The van der Waals surface area contributed by atoms with Gasteiger partial charge in [0.1, 0.15) is 0 Å². The Morgan fingerprint density at radius 3 is 2.22 bits per heavy atom. The molecule has 0 unspecified atom stereocenters. The van der Waals surface area contributed by atoms with Gasteiger partial charge in [-0.3, -0.25) is 0 Å². The van der Waals surface area contributed by atoms with Gasteiger partial charge in [-0.2, -0.15) is 0 Å². The molecule has 0 radical (unpaired) electrons. The summed E-state index contributed by atoms with van der Waals surface area (Å²) in [4.78, 5) is 5.08. The third-order valence-corrected chi connectivity index (χ3v) is 5.37. The molecule has 3 aromatic carbocycles. The SMILES string of the molecule is Cc1cc(C)c2c(c1)Sc1cccc(C)c1N2c1ccccc1. The molecule has 23 heavy (non-hydrogen) atoms. The number of benzene rings is 3. The standard InChI is InChI=1S/C21H19NS/c1-14-12-16(3)21-19(13-14)23-18-11-7-8-15(2)20(18)22(21)17-9-5-4-6-10-17/h4-13H,1-3H3. The second-order valence-corrected chi connectivity index (χ2v) is 7.21. The van der Waals surface area contributed by atoms with Gasteiger partial charge >= 0.3 is 0 Å². The maximum atomic E-state index is 2.42. The molecule has 0 aromatic heterocycles. The molecule has 3 aromatic rings. The lowest BCUT2D eigenvalue weighted by Crippen LogP contribution is -2.17. The van der Waals surface area contributed by atoms with Gasteiger partial charge in [-0.15, -0.1) is 0 Å². The summed E-state index contributed by atoms with van der Waals surface area (Å²) in [6, 6.07) is 21.8. The summed E-state index contributed by atoms with van der Waals surface area (Å²) in [6.07, 6.45) is 0. The van der Waals surface area contributed by atoms with Crippen molar-refractivity contribution >= 4 is 28.8 Å². The van der Waals surface area contributed by atoms with E-state index in [0.717, 1.165) is 0 Å². The third-order valence-electron chi connectivity index (χ3n) is 4.29. The summed E-state index contributed by atoms with van der Waals surface area (Å²) in [5, 5.41) is 0. The van der Waals surface area contributed by atoms with E-state index in [1.54, 1.807) is 0 Å². The van der Waals surface area contributed by atoms with Crippen molar-refractivity contribution in [1.82, 2.24) is 0 Å². The summed E-state index contributed by atoms with van der Waals surface area (Å²) >= 11 is 1.88. The number of rotatable bonds is 1. The Hall–Kier alpha value is -2.19. The highest BCUT2D eigenvalue weighted by Crippen LogP contribution is 2.53. The Labute approximate surface area is 142 Å². The van der Waals surface area contributed by atoms with Crippen LogP contribution in [0.4, 0.5) is 17.1 Å². The lowest BCUT2D eigenvalue weighted by Gasteiger charge is -2.35. The van der Waals surface area contributed by atoms with Crippen LogP contribution in [0.5, 0.6) is 0 Å². The molecule has 114 valence electrons. The Morgan fingerprint density at radius 1 is 0.696 bits per heavy atom. The minimum atomic E-state index is 1.22. The number of para-hydroxylation sites is 2. The van der Waals surface area contributed by atoms with Crippen molar-refractivity contribution in [2.75, 3.05) is 4.90 Å². The Morgan fingerprint density at radius 2 is 1.43 bits per heavy atom. The van der Waals surface area contributed by atoms with Crippen LogP contribution >= 0.6 is 11.8 Å². The fraction of sp³-hybridized carbons (Fsp3) is 0.143. The van der Waals surface area contributed by atoms with Gasteiger partial charge in [-0.1, -0.05) is 48.2 Å². The summed E-state index contributed by atoms with van der Waals surface area (Å²) < 4.78 is 0. The molecule has 0 fully saturated rings. The van der Waals surface area contributed by atoms with Crippen LogP contribution < -0.4 is 4.90 Å². The van der Waals surface area contributed by atoms with Crippen molar-refractivity contribution in [1.29, 1.82) is 0 Å². The number of hydrogen-bond donors (Lipinski definition) is 0. The average Bonchev–Trinajstić information content (AvgIpc) is 2.54. The molecule has 0 N–H and O–H groups in total. The fourth-order valence-electron chi connectivity index (χ4n) is 3.35. The highest BCUT2D eigenvalue weighted by Gasteiger charge is 2.27. The van der Waals surface area contributed by atoms with Crippen molar-refractivity contribution in [3.8, 4) is 0 Å². The van der Waals surface area contributed by atoms with E-state index >= 15 is 0 Å². The van der Waals surface area contributed by atoms with E-state index in [0.29, 0.717) is 0 Å². The average molecular weight is 317 g/mol. The maximum absolute atomic E-state index is 2.42. The lowest BCUT2D eigenvalue weighted by atomic mass is 10.1. The van der Waals surface area contributed by atoms with Gasteiger partial charge in [0.15, 0.2) is 0 Å². The predicted molar refractivity (Wildman–Crippen MR) is 99.5 cm³/mol. The molecule has 0 spiro atoms. The van der Waals surface area contributed by atoms with E-state index in [-0.39, 0.29) is 0 Å². The Balaban J connectivity index is 2.05. The van der Waals surface area contributed by atoms with E-state index in [1.165, 1.54) is 43.5 Å². The fourth-order valence-corrected chi connectivity index (χ4v) is 4.68. The van der Waals surface area contributed by atoms with Crippen molar-refractivity contribution in [2.45, 2.75) is 30.6 Å². The molecule has 1 aliphatic rings. The van der Waals surface area contributed by atoms with Crippen LogP contribution in [-0.4, -0.2) is 0 Å². The van der Waals surface area contributed by atoms with E-state index in [9.17, 15) is 0 Å². The molecule has 0 aliphatic carbocycles. The van der Waals surface area contributed by atoms with Crippen LogP contribution in [-0.2, 0) is 0 Å². The Bertz CT molecular complexity index is 884. The predicted octanol–water partition coefficient (Wildman–Crippen LogP) is 6.55. The first-order valence-electron chi connectivity index (χ1n) is 7.89. The molecule has 0 saturated carbocycles. The molecule has 0 bridgehead atoms. The molecule has 2 heteroatoms. The number of aryl methyl sites for hydroxylation is 3. The first-order chi connectivity index (χ1) is 11.1. The lowest BCUT2D eigenvalue weighted by molar-refractivity contribution is 1.12. The summed E-state index contributed by atoms with van der Waals surface area (Å²) in [5.74, 6) is 0. The molecule has 1 aliphatic heterocycles. The van der Waals surface area contributed by atoms with E-state index in [1.807, 2.05) is 11.8 Å². The quantitative estimate of drug-likeness (QED) is 0.392. The molecular formula is C21H19NS. The van der Waals surface area contributed by atoms with Gasteiger partial charge in [0, 0.05) is 15.5 Å². The number of fused-ring (bicyclic) bond motifs is 2. The van der Waals surface area contributed by atoms with Crippen molar-refractivity contribution in [3.05, 3.63) is 77.4 Å². The Kier molecular flexibility index (Phi) is 3.42. The van der Waals surface area contributed by atoms with Gasteiger partial charge < -0.3 is 4.90 Å². The maximum Gasteiger partial charge on any atom is 0.0631 e. The zero-order chi connectivity index (χ0) is 16.0. The van der Waals surface area contributed by atoms with Crippen LogP contribution in [0.25, 0.3) is 0 Å². The van der Waals surface area contributed by atoms with Gasteiger partial charge in [-0.25, -0.2) is 0 Å². The van der Waals surface area contributed by atoms with Crippen LogP contribution in [0.2, 0.25) is 0 Å². The van der Waals surface area contributed by atoms with Gasteiger partial charge in [0.25, 0.3) is 0 Å². The van der Waals surface area contributed by atoms with Gasteiger partial charge in [0.2, 0.25) is 0 Å². The summed E-state index contributed by atoms with van der Waals surface area (Å²) in [5.41, 5.74) is 7.79. The molecule has 0 atom stereocenters. The normalized spacial score (nSPS) is 12.7. The van der Waals surface area contributed by atoms with E-state index in [2.05, 4.69) is 86.3 Å². The zero-order valence-corrected chi connectivity index (χ0v) is 14.4. The minimum Gasteiger partial charge on any atom is -0.308 e. The molecule has 1 heterocycles. The van der Waals surface area contributed by atoms with Crippen LogP contribution in [0.15, 0.2) is 70.5 Å². The molecule has 4 rings (SSSR count). The third kappa shape index (κ3) is 2.34. The second-order valence-electron chi connectivity index (χ2n) is 6.12. The molecule has 0 amide bonds. The number of anilines is 3. The summed E-state index contributed by atoms with van der Waals surface area (Å²) in [7, 11) is 0. The van der Waals surface area contributed by atoms with Crippen molar-refractivity contribution in [3.63, 3.8) is 0 Å². The molecule has 0 saturated heterocycles. The van der Waals surface area contributed by atoms with Crippen LogP contribution in [0, 0.1) is 20.8 Å². The molecule has 1 nitrogen and oxygen atoms in total. The second kappa shape index (κ2) is 5.47. The minimum absolute atomic E-state index is 1.22. The number of nitrogens with zero attached hydrogens (tertiary/aromatic N) is 1. The highest BCUT2D eigenvalue weighted by atomic mass is 32.2. The van der Waals surface area contributed by atoms with Crippen LogP contribution in [0.1, 0.15) is 16.7 Å². The number of hydrogen-bond acceptors (Lipinski definition) is 2. The molecular weight excluding hydrogens is 298 g/mol. The van der Waals surface area contributed by atoms with E-state index < -0.39 is 0 Å². The van der Waals surface area contributed by atoms with Crippen molar-refractivity contribution in [2.24, 2.45) is 0 Å². The van der Waals surface area contributed by atoms with Crippen LogP contribution in [0.3, 0.4) is 0 Å².